The Morgan fingerprint density at radius 3 is 2.44 bits per heavy atom. The number of hydrogen-bond acceptors (Lipinski definition) is 2. The van der Waals surface area contributed by atoms with Crippen molar-refractivity contribution < 1.29 is 9.90 Å². The van der Waals surface area contributed by atoms with Gasteiger partial charge in [-0.1, -0.05) is 46.3 Å². The second kappa shape index (κ2) is 5.69. The normalized spacial score (nSPS) is 11.8. The fourth-order valence-electron chi connectivity index (χ4n) is 1.67. The molecule has 3 nitrogen and oxygen atoms in total. The number of benzene rings is 2. The summed E-state index contributed by atoms with van der Waals surface area (Å²) in [7, 11) is 0. The fourth-order valence-corrected chi connectivity index (χ4v) is 2.09. The molecule has 0 spiro atoms. The molecule has 92 valence electrons. The van der Waals surface area contributed by atoms with Crippen molar-refractivity contribution in [2.45, 2.75) is 6.04 Å². The van der Waals surface area contributed by atoms with Crippen molar-refractivity contribution in [2.75, 3.05) is 5.32 Å². The zero-order valence-corrected chi connectivity index (χ0v) is 11.1. The van der Waals surface area contributed by atoms with Gasteiger partial charge in [0, 0.05) is 10.2 Å². The maximum absolute atomic E-state index is 11.3. The molecule has 1 atom stereocenters. The van der Waals surface area contributed by atoms with Gasteiger partial charge in [-0.3, -0.25) is 0 Å². The maximum Gasteiger partial charge on any atom is 0.330 e. The number of aliphatic carboxylic acids is 1. The number of hydrogen-bond donors (Lipinski definition) is 2. The lowest BCUT2D eigenvalue weighted by atomic mass is 10.1. The van der Waals surface area contributed by atoms with Gasteiger partial charge in [0.15, 0.2) is 6.04 Å². The van der Waals surface area contributed by atoms with Crippen LogP contribution in [0.15, 0.2) is 59.1 Å². The first kappa shape index (κ1) is 12.6. The summed E-state index contributed by atoms with van der Waals surface area (Å²) in [5.74, 6) is -0.906. The van der Waals surface area contributed by atoms with E-state index in [1.54, 1.807) is 12.1 Å². The molecule has 2 rings (SSSR count). The predicted molar refractivity (Wildman–Crippen MR) is 74.6 cm³/mol. The third kappa shape index (κ3) is 3.11. The van der Waals surface area contributed by atoms with Gasteiger partial charge in [0.25, 0.3) is 0 Å². The van der Waals surface area contributed by atoms with E-state index in [1.165, 1.54) is 0 Å². The second-order valence-electron chi connectivity index (χ2n) is 3.84. The molecule has 4 heteroatoms. The molecule has 0 aromatic heterocycles. The minimum atomic E-state index is -0.906. The fraction of sp³-hybridized carbons (Fsp3) is 0.0714. The van der Waals surface area contributed by atoms with Crippen LogP contribution in [0.2, 0.25) is 0 Å². The topological polar surface area (TPSA) is 49.3 Å². The number of halogens is 1. The Hall–Kier alpha value is -1.81. The molecule has 0 fully saturated rings. The van der Waals surface area contributed by atoms with Crippen LogP contribution in [0.3, 0.4) is 0 Å². The smallest absolute Gasteiger partial charge is 0.330 e. The first-order chi connectivity index (χ1) is 8.66. The largest absolute Gasteiger partial charge is 0.479 e. The van der Waals surface area contributed by atoms with Gasteiger partial charge in [0.2, 0.25) is 0 Å². The van der Waals surface area contributed by atoms with Gasteiger partial charge in [0.05, 0.1) is 0 Å². The third-order valence-electron chi connectivity index (χ3n) is 2.51. The van der Waals surface area contributed by atoms with Crippen LogP contribution in [0.4, 0.5) is 5.69 Å². The molecule has 0 amide bonds. The number of para-hydroxylation sites is 1. The molecule has 0 saturated carbocycles. The average molecular weight is 306 g/mol. The lowest BCUT2D eigenvalue weighted by Gasteiger charge is -2.16. The molecule has 2 aromatic rings. The van der Waals surface area contributed by atoms with Crippen molar-refractivity contribution in [2.24, 2.45) is 0 Å². The molecular weight excluding hydrogens is 294 g/mol. The van der Waals surface area contributed by atoms with Gasteiger partial charge in [-0.05, 0) is 29.8 Å². The summed E-state index contributed by atoms with van der Waals surface area (Å²) in [5.41, 5.74) is 1.49. The van der Waals surface area contributed by atoms with E-state index in [0.717, 1.165) is 10.2 Å². The third-order valence-corrected chi connectivity index (χ3v) is 3.01. The van der Waals surface area contributed by atoms with Crippen LogP contribution in [0.5, 0.6) is 0 Å². The summed E-state index contributed by atoms with van der Waals surface area (Å²) < 4.78 is 0.862. The van der Waals surface area contributed by atoms with Gasteiger partial charge in [-0.2, -0.15) is 0 Å². The highest BCUT2D eigenvalue weighted by molar-refractivity contribution is 9.10. The highest BCUT2D eigenvalue weighted by Gasteiger charge is 2.19. The monoisotopic (exact) mass is 305 g/mol. The Morgan fingerprint density at radius 1 is 1.11 bits per heavy atom. The Kier molecular flexibility index (Phi) is 3.99. The Labute approximate surface area is 114 Å². The second-order valence-corrected chi connectivity index (χ2v) is 4.75. The van der Waals surface area contributed by atoms with Crippen LogP contribution in [-0.4, -0.2) is 11.1 Å². The number of anilines is 1. The van der Waals surface area contributed by atoms with Crippen LogP contribution >= 0.6 is 15.9 Å². The molecular formula is C14H12BrNO2. The number of rotatable bonds is 4. The summed E-state index contributed by atoms with van der Waals surface area (Å²) in [5, 5.41) is 12.3. The molecule has 0 aliphatic rings. The van der Waals surface area contributed by atoms with Gasteiger partial charge >= 0.3 is 5.97 Å². The maximum atomic E-state index is 11.3. The molecule has 0 aliphatic carbocycles. The van der Waals surface area contributed by atoms with Crippen molar-refractivity contribution >= 4 is 27.6 Å². The van der Waals surface area contributed by atoms with Crippen LogP contribution in [0, 0.1) is 0 Å². The molecule has 1 unspecified atom stereocenters. The van der Waals surface area contributed by atoms with Crippen molar-refractivity contribution in [3.05, 3.63) is 64.6 Å². The lowest BCUT2D eigenvalue weighted by Crippen LogP contribution is -2.20. The molecule has 0 heterocycles. The molecule has 2 N–H and O–H groups in total. The van der Waals surface area contributed by atoms with E-state index in [4.69, 9.17) is 0 Å². The van der Waals surface area contributed by atoms with Crippen LogP contribution < -0.4 is 5.32 Å². The lowest BCUT2D eigenvalue weighted by molar-refractivity contribution is -0.138. The van der Waals surface area contributed by atoms with E-state index >= 15 is 0 Å². The average Bonchev–Trinajstić information content (AvgIpc) is 2.37. The van der Waals surface area contributed by atoms with Crippen LogP contribution in [-0.2, 0) is 4.79 Å². The van der Waals surface area contributed by atoms with Gasteiger partial charge in [-0.15, -0.1) is 0 Å². The minimum absolute atomic E-state index is 0.709. The van der Waals surface area contributed by atoms with E-state index in [-0.39, 0.29) is 0 Å². The zero-order chi connectivity index (χ0) is 13.0. The summed E-state index contributed by atoms with van der Waals surface area (Å²) in [6.45, 7) is 0. The Morgan fingerprint density at radius 2 is 1.83 bits per heavy atom. The van der Waals surface area contributed by atoms with E-state index in [0.29, 0.717) is 5.56 Å². The summed E-state index contributed by atoms with van der Waals surface area (Å²) >= 11 is 3.34. The Bertz CT molecular complexity index is 543. The number of carboxylic acid groups (broad SMARTS) is 1. The van der Waals surface area contributed by atoms with Crippen molar-refractivity contribution in [3.63, 3.8) is 0 Å². The molecule has 18 heavy (non-hydrogen) atoms. The molecule has 0 radical (unpaired) electrons. The van der Waals surface area contributed by atoms with E-state index in [2.05, 4.69) is 21.2 Å². The van der Waals surface area contributed by atoms with Crippen molar-refractivity contribution in [3.8, 4) is 0 Å². The predicted octanol–water partition coefficient (Wildman–Crippen LogP) is 3.69. The number of nitrogens with one attached hydrogen (secondary N) is 1. The summed E-state index contributed by atoms with van der Waals surface area (Å²) in [6.07, 6.45) is 0. The van der Waals surface area contributed by atoms with Crippen LogP contribution in [0.1, 0.15) is 11.6 Å². The van der Waals surface area contributed by atoms with Crippen molar-refractivity contribution in [1.82, 2.24) is 0 Å². The number of carbonyl (C=O) groups is 1. The van der Waals surface area contributed by atoms with E-state index in [9.17, 15) is 9.90 Å². The Balaban J connectivity index is 2.27. The first-order valence-electron chi connectivity index (χ1n) is 5.46. The van der Waals surface area contributed by atoms with E-state index in [1.807, 2.05) is 42.5 Å². The molecule has 2 aromatic carbocycles. The van der Waals surface area contributed by atoms with E-state index < -0.39 is 12.0 Å². The van der Waals surface area contributed by atoms with Gasteiger partial charge < -0.3 is 10.4 Å². The quantitative estimate of drug-likeness (QED) is 0.906. The van der Waals surface area contributed by atoms with Gasteiger partial charge in [0.1, 0.15) is 0 Å². The summed E-state index contributed by atoms with van der Waals surface area (Å²) in [4.78, 5) is 11.3. The number of carboxylic acids is 1. The SMILES string of the molecule is O=C(O)C(Nc1ccccc1)c1cccc(Br)c1. The van der Waals surface area contributed by atoms with Crippen LogP contribution in [0.25, 0.3) is 0 Å². The van der Waals surface area contributed by atoms with Crippen molar-refractivity contribution in [1.29, 1.82) is 0 Å². The molecule has 0 bridgehead atoms. The highest BCUT2D eigenvalue weighted by atomic mass is 79.9. The minimum Gasteiger partial charge on any atom is -0.479 e. The molecule has 0 saturated heterocycles. The first-order valence-corrected chi connectivity index (χ1v) is 6.26. The van der Waals surface area contributed by atoms with Gasteiger partial charge in [-0.25, -0.2) is 4.79 Å². The molecule has 0 aliphatic heterocycles. The zero-order valence-electron chi connectivity index (χ0n) is 9.51. The standard InChI is InChI=1S/C14H12BrNO2/c15-11-6-4-5-10(9-11)13(14(17)18)16-12-7-2-1-3-8-12/h1-9,13,16H,(H,17,18). The summed E-state index contributed by atoms with van der Waals surface area (Å²) in [6, 6.07) is 15.8. The highest BCUT2D eigenvalue weighted by Crippen LogP contribution is 2.22.